The second-order valence-corrected chi connectivity index (χ2v) is 11.0. The normalized spacial score (nSPS) is 15.3. The molecule has 5 heteroatoms. The van der Waals surface area contributed by atoms with Crippen LogP contribution >= 0.6 is 0 Å². The summed E-state index contributed by atoms with van der Waals surface area (Å²) in [7, 11) is -5.23. The minimum absolute atomic E-state index is 0.104. The van der Waals surface area contributed by atoms with Crippen molar-refractivity contribution in [2.45, 2.75) is 53.5 Å². The van der Waals surface area contributed by atoms with Gasteiger partial charge >= 0.3 is 0 Å². The van der Waals surface area contributed by atoms with Crippen molar-refractivity contribution in [1.29, 1.82) is 0 Å². The highest BCUT2D eigenvalue weighted by Gasteiger charge is 2.31. The van der Waals surface area contributed by atoms with Crippen molar-refractivity contribution in [1.82, 2.24) is 0 Å². The van der Waals surface area contributed by atoms with Gasteiger partial charge in [-0.15, -0.1) is 0 Å². The molecule has 1 N–H and O–H groups in total. The van der Waals surface area contributed by atoms with Crippen LogP contribution in [0.3, 0.4) is 0 Å². The van der Waals surface area contributed by atoms with Gasteiger partial charge in [0.2, 0.25) is 0 Å². The Labute approximate surface area is 137 Å². The van der Waals surface area contributed by atoms with E-state index in [4.69, 9.17) is 0 Å². The molecule has 1 aromatic carbocycles. The standard InChI is InChI=1S/C17H28O3SSi/c1-16(2,3)13-11-9-8-10-12(13)14(17(4,5)6)15(22-7)21(18,19)20/h8-11H,22H2,1-7H3,(H,18,19,20). The molecule has 1 aromatic rings. The van der Waals surface area contributed by atoms with E-state index in [1.165, 1.54) is 0 Å². The molecule has 0 spiro atoms. The molecule has 0 saturated heterocycles. The van der Waals surface area contributed by atoms with Gasteiger partial charge in [0.15, 0.2) is 0 Å². The molecule has 22 heavy (non-hydrogen) atoms. The lowest BCUT2D eigenvalue weighted by molar-refractivity contribution is 0.491. The Balaban J connectivity index is 3.91. The van der Waals surface area contributed by atoms with Gasteiger partial charge in [-0.3, -0.25) is 4.55 Å². The largest absolute Gasteiger partial charge is 0.286 e. The molecule has 0 unspecified atom stereocenters. The molecule has 0 aromatic heterocycles. The van der Waals surface area contributed by atoms with E-state index in [1.807, 2.05) is 51.6 Å². The molecule has 1 rings (SSSR count). The summed E-state index contributed by atoms with van der Waals surface area (Å²) >= 11 is 0. The molecule has 0 aliphatic carbocycles. The fourth-order valence-corrected chi connectivity index (χ4v) is 6.02. The Morgan fingerprint density at radius 1 is 1.05 bits per heavy atom. The highest BCUT2D eigenvalue weighted by molar-refractivity contribution is 7.91. The van der Waals surface area contributed by atoms with E-state index in [2.05, 4.69) is 20.8 Å². The van der Waals surface area contributed by atoms with Gasteiger partial charge in [0.25, 0.3) is 10.1 Å². The highest BCUT2D eigenvalue weighted by Crippen LogP contribution is 2.42. The van der Waals surface area contributed by atoms with Crippen LogP contribution in [-0.4, -0.2) is 22.5 Å². The van der Waals surface area contributed by atoms with E-state index in [0.717, 1.165) is 16.7 Å². The fraction of sp³-hybridized carbons (Fsp3) is 0.529. The Hall–Kier alpha value is -0.913. The van der Waals surface area contributed by atoms with Crippen molar-refractivity contribution >= 4 is 25.2 Å². The van der Waals surface area contributed by atoms with E-state index in [0.29, 0.717) is 0 Å². The maximum Gasteiger partial charge on any atom is 0.286 e. The van der Waals surface area contributed by atoms with Crippen LogP contribution in [0.25, 0.3) is 5.57 Å². The summed E-state index contributed by atoms with van der Waals surface area (Å²) in [6.45, 7) is 14.2. The third kappa shape index (κ3) is 4.30. The topological polar surface area (TPSA) is 54.4 Å². The first-order valence-electron chi connectivity index (χ1n) is 7.61. The molecule has 3 nitrogen and oxygen atoms in total. The summed E-state index contributed by atoms with van der Waals surface area (Å²) in [6, 6.07) is 7.91. The third-order valence-electron chi connectivity index (χ3n) is 3.67. The van der Waals surface area contributed by atoms with Crippen LogP contribution in [0.5, 0.6) is 0 Å². The second-order valence-electron chi connectivity index (χ2n) is 7.67. The van der Waals surface area contributed by atoms with Gasteiger partial charge in [0.1, 0.15) is 0 Å². The minimum Gasteiger partial charge on any atom is -0.282 e. The zero-order chi connectivity index (χ0) is 17.3. The average Bonchev–Trinajstić information content (AvgIpc) is 2.31. The maximum atomic E-state index is 11.9. The van der Waals surface area contributed by atoms with Crippen LogP contribution in [0.15, 0.2) is 28.8 Å². The van der Waals surface area contributed by atoms with E-state index in [1.54, 1.807) is 0 Å². The average molecular weight is 341 g/mol. The molecule has 0 aliphatic heterocycles. The van der Waals surface area contributed by atoms with Gasteiger partial charge < -0.3 is 0 Å². The maximum absolute atomic E-state index is 11.9. The molecule has 0 saturated carbocycles. The van der Waals surface area contributed by atoms with Crippen molar-refractivity contribution in [3.8, 4) is 0 Å². The van der Waals surface area contributed by atoms with Crippen LogP contribution in [0.1, 0.15) is 52.7 Å². The van der Waals surface area contributed by atoms with Gasteiger partial charge in [0, 0.05) is 0 Å². The number of hydrogen-bond donors (Lipinski definition) is 1. The number of allylic oxidation sites excluding steroid dienone is 1. The van der Waals surface area contributed by atoms with Gasteiger partial charge in [-0.1, -0.05) is 72.4 Å². The fourth-order valence-electron chi connectivity index (χ4n) is 2.82. The number of benzene rings is 1. The molecule has 0 fully saturated rings. The molecule has 0 amide bonds. The predicted octanol–water partition coefficient (Wildman–Crippen LogP) is 3.80. The van der Waals surface area contributed by atoms with E-state index in [-0.39, 0.29) is 15.4 Å². The molecular formula is C17H28O3SSi. The molecule has 0 bridgehead atoms. The summed E-state index contributed by atoms with van der Waals surface area (Å²) in [5.41, 5.74) is 2.32. The monoisotopic (exact) mass is 340 g/mol. The van der Waals surface area contributed by atoms with Gasteiger partial charge in [0.05, 0.1) is 14.0 Å². The Morgan fingerprint density at radius 2 is 1.55 bits per heavy atom. The van der Waals surface area contributed by atoms with Gasteiger partial charge in [-0.2, -0.15) is 8.42 Å². The molecule has 0 radical (unpaired) electrons. The number of rotatable bonds is 3. The van der Waals surface area contributed by atoms with E-state index >= 15 is 0 Å². The molecule has 0 heterocycles. The van der Waals surface area contributed by atoms with Crippen molar-refractivity contribution in [3.05, 3.63) is 39.9 Å². The van der Waals surface area contributed by atoms with Crippen molar-refractivity contribution in [3.63, 3.8) is 0 Å². The van der Waals surface area contributed by atoms with Crippen LogP contribution in [-0.2, 0) is 15.5 Å². The van der Waals surface area contributed by atoms with Crippen molar-refractivity contribution in [2.75, 3.05) is 0 Å². The summed E-state index contributed by atoms with van der Waals surface area (Å²) in [5, 5.41) is 0. The summed E-state index contributed by atoms with van der Waals surface area (Å²) in [6.07, 6.45) is 0. The van der Waals surface area contributed by atoms with Crippen LogP contribution in [0, 0.1) is 5.41 Å². The molecule has 0 aliphatic rings. The molecular weight excluding hydrogens is 312 g/mol. The second kappa shape index (κ2) is 6.30. The lowest BCUT2D eigenvalue weighted by atomic mass is 9.76. The zero-order valence-corrected chi connectivity index (χ0v) is 16.9. The SMILES string of the molecule is C[SiH2]C(=C(c1ccccc1C(C)(C)C)C(C)(C)C)S(=O)(=O)O. The first-order chi connectivity index (χ1) is 9.80. The first-order valence-corrected chi connectivity index (χ1v) is 11.2. The number of hydrogen-bond acceptors (Lipinski definition) is 2. The van der Waals surface area contributed by atoms with Crippen LogP contribution in [0.4, 0.5) is 0 Å². The van der Waals surface area contributed by atoms with Crippen LogP contribution < -0.4 is 0 Å². The lowest BCUT2D eigenvalue weighted by Crippen LogP contribution is -2.22. The summed E-state index contributed by atoms with van der Waals surface area (Å²) < 4.78 is 33.8. The predicted molar refractivity (Wildman–Crippen MR) is 97.5 cm³/mol. The van der Waals surface area contributed by atoms with Crippen molar-refractivity contribution in [2.24, 2.45) is 5.41 Å². The Bertz CT molecular complexity index is 675. The Morgan fingerprint density at radius 3 is 1.91 bits per heavy atom. The zero-order valence-electron chi connectivity index (χ0n) is 14.7. The summed E-state index contributed by atoms with van der Waals surface area (Å²) in [5.74, 6) is 0. The van der Waals surface area contributed by atoms with Gasteiger partial charge in [-0.05, 0) is 27.5 Å². The van der Waals surface area contributed by atoms with Crippen LogP contribution in [0.2, 0.25) is 6.55 Å². The van der Waals surface area contributed by atoms with E-state index in [9.17, 15) is 13.0 Å². The lowest BCUT2D eigenvalue weighted by Gasteiger charge is -2.31. The highest BCUT2D eigenvalue weighted by atomic mass is 32.2. The van der Waals surface area contributed by atoms with Gasteiger partial charge in [-0.25, -0.2) is 0 Å². The van der Waals surface area contributed by atoms with E-state index < -0.39 is 19.6 Å². The quantitative estimate of drug-likeness (QED) is 0.672. The third-order valence-corrected chi connectivity index (χ3v) is 7.45. The molecule has 0 atom stereocenters. The van der Waals surface area contributed by atoms with Crippen molar-refractivity contribution < 1.29 is 13.0 Å². The summed E-state index contributed by atoms with van der Waals surface area (Å²) in [4.78, 5) is 0. The Kier molecular flexibility index (Phi) is 5.48. The first kappa shape index (κ1) is 19.1. The molecule has 124 valence electrons. The smallest absolute Gasteiger partial charge is 0.282 e. The minimum atomic E-state index is -4.17.